The molecular weight excluding hydrogens is 404 g/mol. The number of nitriles is 1. The first-order valence-electron chi connectivity index (χ1n) is 10.7. The number of carbonyl (C=O) groups excluding carboxylic acids is 1. The molecule has 1 saturated carbocycles. The fourth-order valence-corrected chi connectivity index (χ4v) is 4.28. The molecule has 1 fully saturated rings. The van der Waals surface area contributed by atoms with Crippen molar-refractivity contribution in [1.29, 1.82) is 5.26 Å². The zero-order valence-corrected chi connectivity index (χ0v) is 18.3. The Labute approximate surface area is 187 Å². The van der Waals surface area contributed by atoms with E-state index in [1.54, 1.807) is 24.2 Å². The van der Waals surface area contributed by atoms with E-state index >= 15 is 0 Å². The van der Waals surface area contributed by atoms with Crippen LogP contribution in [0.25, 0.3) is 5.69 Å². The Balaban J connectivity index is 1.49. The summed E-state index contributed by atoms with van der Waals surface area (Å²) >= 11 is 0. The number of methoxy groups -OCH3 is 1. The summed E-state index contributed by atoms with van der Waals surface area (Å²) in [6, 6.07) is 13.6. The standard InChI is InChI=1S/C25H26N4O3/c1-17-22(15-28-29(17)19-4-6-21(32-2)7-5-19)23(31)13-18-3-8-24(27-14-18)25(16-26)11-9-20(30)10-12-25/h3-8,14-15,20,30H,9-13H2,1-2H3. The van der Waals surface area contributed by atoms with Crippen LogP contribution >= 0.6 is 0 Å². The first kappa shape index (κ1) is 21.7. The zero-order chi connectivity index (χ0) is 22.7. The molecule has 7 nitrogen and oxygen atoms in total. The summed E-state index contributed by atoms with van der Waals surface area (Å²) in [6.07, 6.45) is 5.55. The smallest absolute Gasteiger partial charge is 0.170 e. The predicted octanol–water partition coefficient (Wildman–Crippen LogP) is 3.71. The van der Waals surface area contributed by atoms with Crippen LogP contribution in [0.4, 0.5) is 0 Å². The van der Waals surface area contributed by atoms with Crippen molar-refractivity contribution >= 4 is 5.78 Å². The lowest BCUT2D eigenvalue weighted by Gasteiger charge is -2.32. The number of aliphatic hydroxyl groups is 1. The Morgan fingerprint density at radius 3 is 2.53 bits per heavy atom. The fourth-order valence-electron chi connectivity index (χ4n) is 4.28. The van der Waals surface area contributed by atoms with Crippen molar-refractivity contribution < 1.29 is 14.6 Å². The molecule has 0 amide bonds. The highest BCUT2D eigenvalue weighted by Crippen LogP contribution is 2.38. The van der Waals surface area contributed by atoms with E-state index in [1.807, 2.05) is 43.3 Å². The van der Waals surface area contributed by atoms with Crippen molar-refractivity contribution in [3.05, 3.63) is 71.3 Å². The van der Waals surface area contributed by atoms with Gasteiger partial charge in [-0.15, -0.1) is 0 Å². The molecule has 2 aromatic heterocycles. The molecule has 164 valence electrons. The average molecular weight is 431 g/mol. The Kier molecular flexibility index (Phi) is 6.06. The second-order valence-electron chi connectivity index (χ2n) is 8.33. The van der Waals surface area contributed by atoms with E-state index < -0.39 is 5.41 Å². The molecule has 0 bridgehead atoms. The topological polar surface area (TPSA) is 101 Å². The van der Waals surface area contributed by atoms with Crippen molar-refractivity contribution in [1.82, 2.24) is 14.8 Å². The number of aromatic nitrogens is 3. The first-order valence-corrected chi connectivity index (χ1v) is 10.7. The number of nitrogens with zero attached hydrogens (tertiary/aromatic N) is 4. The maximum Gasteiger partial charge on any atom is 0.170 e. The van der Waals surface area contributed by atoms with Gasteiger partial charge in [-0.05, 0) is 68.5 Å². The van der Waals surface area contributed by atoms with Crippen LogP contribution in [0.2, 0.25) is 0 Å². The summed E-state index contributed by atoms with van der Waals surface area (Å²) in [5.41, 5.74) is 3.05. The van der Waals surface area contributed by atoms with E-state index in [0.717, 1.165) is 22.7 Å². The molecule has 0 spiro atoms. The van der Waals surface area contributed by atoms with Crippen molar-refractivity contribution in [3.63, 3.8) is 0 Å². The number of ether oxygens (including phenoxy) is 1. The van der Waals surface area contributed by atoms with Gasteiger partial charge in [-0.3, -0.25) is 9.78 Å². The van der Waals surface area contributed by atoms with Crippen LogP contribution in [0.1, 0.15) is 53.0 Å². The third-order valence-corrected chi connectivity index (χ3v) is 6.33. The number of hydrogen-bond donors (Lipinski definition) is 1. The minimum Gasteiger partial charge on any atom is -0.497 e. The number of ketones is 1. The normalized spacial score (nSPS) is 20.5. The molecule has 0 unspecified atom stereocenters. The molecular formula is C25H26N4O3. The van der Waals surface area contributed by atoms with Crippen molar-refractivity contribution in [2.24, 2.45) is 0 Å². The van der Waals surface area contributed by atoms with Gasteiger partial charge in [-0.2, -0.15) is 10.4 Å². The number of aliphatic hydroxyl groups excluding tert-OH is 1. The van der Waals surface area contributed by atoms with Gasteiger partial charge in [0, 0.05) is 12.6 Å². The quantitative estimate of drug-likeness (QED) is 0.599. The molecule has 0 atom stereocenters. The van der Waals surface area contributed by atoms with Gasteiger partial charge in [0.15, 0.2) is 5.78 Å². The zero-order valence-electron chi connectivity index (χ0n) is 18.3. The van der Waals surface area contributed by atoms with Gasteiger partial charge in [0.25, 0.3) is 0 Å². The number of benzene rings is 1. The maximum atomic E-state index is 12.9. The molecule has 32 heavy (non-hydrogen) atoms. The van der Waals surface area contributed by atoms with Gasteiger partial charge in [-0.1, -0.05) is 6.07 Å². The summed E-state index contributed by atoms with van der Waals surface area (Å²) in [4.78, 5) is 17.5. The second kappa shape index (κ2) is 8.93. The fraction of sp³-hybridized carbons (Fsp3) is 0.360. The third kappa shape index (κ3) is 4.14. The lowest BCUT2D eigenvalue weighted by molar-refractivity contribution is 0.0991. The summed E-state index contributed by atoms with van der Waals surface area (Å²) in [7, 11) is 1.62. The van der Waals surface area contributed by atoms with Crippen LogP contribution in [-0.2, 0) is 11.8 Å². The number of rotatable bonds is 6. The molecule has 1 N–H and O–H groups in total. The summed E-state index contributed by atoms with van der Waals surface area (Å²) in [5.74, 6) is 0.723. The Morgan fingerprint density at radius 2 is 1.94 bits per heavy atom. The molecule has 0 aliphatic heterocycles. The molecule has 2 heterocycles. The lowest BCUT2D eigenvalue weighted by atomic mass is 9.72. The minimum atomic E-state index is -0.655. The molecule has 1 aliphatic carbocycles. The monoisotopic (exact) mass is 430 g/mol. The molecule has 3 aromatic rings. The molecule has 7 heteroatoms. The molecule has 4 rings (SSSR count). The molecule has 0 radical (unpaired) electrons. The van der Waals surface area contributed by atoms with E-state index in [4.69, 9.17) is 4.74 Å². The van der Waals surface area contributed by atoms with Gasteiger partial charge in [-0.25, -0.2) is 4.68 Å². The highest BCUT2D eigenvalue weighted by Gasteiger charge is 2.37. The number of Topliss-reactive ketones (excluding diaryl/α,β-unsaturated/α-hetero) is 1. The van der Waals surface area contributed by atoms with Crippen molar-refractivity contribution in [2.75, 3.05) is 7.11 Å². The van der Waals surface area contributed by atoms with Gasteiger partial charge in [0.05, 0.1) is 53.5 Å². The van der Waals surface area contributed by atoms with Crippen LogP contribution in [0.15, 0.2) is 48.8 Å². The van der Waals surface area contributed by atoms with Crippen LogP contribution in [0.5, 0.6) is 5.75 Å². The van der Waals surface area contributed by atoms with E-state index in [2.05, 4.69) is 16.2 Å². The Bertz CT molecular complexity index is 1140. The summed E-state index contributed by atoms with van der Waals surface area (Å²) in [5, 5.41) is 23.9. The van der Waals surface area contributed by atoms with Crippen molar-refractivity contribution in [2.45, 2.75) is 50.5 Å². The lowest BCUT2D eigenvalue weighted by Crippen LogP contribution is -2.33. The van der Waals surface area contributed by atoms with E-state index in [1.165, 1.54) is 0 Å². The minimum absolute atomic E-state index is 0.0346. The maximum absolute atomic E-state index is 12.9. The van der Waals surface area contributed by atoms with Gasteiger partial charge in [0.1, 0.15) is 5.75 Å². The predicted molar refractivity (Wildman–Crippen MR) is 119 cm³/mol. The number of hydrogen-bond acceptors (Lipinski definition) is 6. The van der Waals surface area contributed by atoms with E-state index in [0.29, 0.717) is 36.9 Å². The number of carbonyl (C=O) groups is 1. The third-order valence-electron chi connectivity index (χ3n) is 6.33. The van der Waals surface area contributed by atoms with Crippen LogP contribution < -0.4 is 4.74 Å². The van der Waals surface area contributed by atoms with Crippen LogP contribution in [0.3, 0.4) is 0 Å². The van der Waals surface area contributed by atoms with Crippen molar-refractivity contribution in [3.8, 4) is 17.5 Å². The highest BCUT2D eigenvalue weighted by molar-refractivity contribution is 5.98. The van der Waals surface area contributed by atoms with Crippen LogP contribution in [0, 0.1) is 18.3 Å². The van der Waals surface area contributed by atoms with E-state index in [9.17, 15) is 15.2 Å². The molecule has 0 saturated heterocycles. The van der Waals surface area contributed by atoms with Gasteiger partial charge in [0.2, 0.25) is 0 Å². The first-order chi connectivity index (χ1) is 15.5. The summed E-state index contributed by atoms with van der Waals surface area (Å²) < 4.78 is 6.93. The average Bonchev–Trinajstić information content (AvgIpc) is 3.22. The number of pyridine rings is 1. The van der Waals surface area contributed by atoms with Crippen LogP contribution in [-0.4, -0.2) is 38.9 Å². The summed E-state index contributed by atoms with van der Waals surface area (Å²) in [6.45, 7) is 1.87. The highest BCUT2D eigenvalue weighted by atomic mass is 16.5. The van der Waals surface area contributed by atoms with Gasteiger partial charge < -0.3 is 9.84 Å². The molecule has 1 aliphatic rings. The Hall–Kier alpha value is -3.50. The SMILES string of the molecule is COc1ccc(-n2ncc(C(=O)Cc3ccc(C4(C#N)CCC(O)CC4)nc3)c2C)cc1. The second-order valence-corrected chi connectivity index (χ2v) is 8.33. The Morgan fingerprint density at radius 1 is 1.22 bits per heavy atom. The van der Waals surface area contributed by atoms with E-state index in [-0.39, 0.29) is 18.3 Å². The molecule has 1 aromatic carbocycles. The van der Waals surface area contributed by atoms with Gasteiger partial charge >= 0.3 is 0 Å². The largest absolute Gasteiger partial charge is 0.497 e.